The minimum absolute atomic E-state index is 0.0222. The van der Waals surface area contributed by atoms with E-state index in [1.807, 2.05) is 36.4 Å². The number of nitrogens with one attached hydrogen (secondary N) is 1. The van der Waals surface area contributed by atoms with Gasteiger partial charge in [-0.2, -0.15) is 0 Å². The molecule has 0 spiro atoms. The van der Waals surface area contributed by atoms with E-state index < -0.39 is 0 Å². The van der Waals surface area contributed by atoms with Gasteiger partial charge in [-0.1, -0.05) is 23.4 Å². The number of benzene rings is 2. The van der Waals surface area contributed by atoms with Gasteiger partial charge in [0.25, 0.3) is 0 Å². The molecule has 0 fully saturated rings. The Kier molecular flexibility index (Phi) is 4.35. The van der Waals surface area contributed by atoms with Crippen LogP contribution in [0.1, 0.15) is 5.56 Å². The third kappa shape index (κ3) is 3.43. The van der Waals surface area contributed by atoms with E-state index in [2.05, 4.69) is 0 Å². The summed E-state index contributed by atoms with van der Waals surface area (Å²) in [4.78, 5) is 2.09. The molecule has 2 aromatic carbocycles. The number of nitrogens with two attached hydrogens (primary N) is 1. The van der Waals surface area contributed by atoms with E-state index in [0.29, 0.717) is 10.6 Å². The number of methoxy groups -OCH3 is 1. The summed E-state index contributed by atoms with van der Waals surface area (Å²) in [6.07, 6.45) is 0. The summed E-state index contributed by atoms with van der Waals surface area (Å²) in [5, 5.41) is 7.88. The number of rotatable bonds is 4. The molecular weight excluding hydrogens is 280 g/mol. The van der Waals surface area contributed by atoms with Crippen molar-refractivity contribution >= 4 is 29.2 Å². The van der Waals surface area contributed by atoms with Crippen molar-refractivity contribution in [2.24, 2.45) is 5.73 Å². The molecule has 0 amide bonds. The summed E-state index contributed by atoms with van der Waals surface area (Å²) in [6, 6.07) is 13.3. The van der Waals surface area contributed by atoms with Gasteiger partial charge in [0.1, 0.15) is 11.6 Å². The van der Waals surface area contributed by atoms with Gasteiger partial charge in [-0.25, -0.2) is 0 Å². The lowest BCUT2D eigenvalue weighted by Crippen LogP contribution is -2.11. The van der Waals surface area contributed by atoms with Crippen molar-refractivity contribution in [3.63, 3.8) is 0 Å². The van der Waals surface area contributed by atoms with Gasteiger partial charge in [0.15, 0.2) is 0 Å². The normalized spacial score (nSPS) is 10.2. The number of amidine groups is 1. The molecule has 0 saturated heterocycles. The van der Waals surface area contributed by atoms with Crippen molar-refractivity contribution in [2.45, 2.75) is 9.79 Å². The van der Waals surface area contributed by atoms with Crippen LogP contribution in [0, 0.1) is 5.41 Å². The summed E-state index contributed by atoms with van der Waals surface area (Å²) >= 11 is 7.67. The van der Waals surface area contributed by atoms with Gasteiger partial charge in [-0.3, -0.25) is 5.41 Å². The van der Waals surface area contributed by atoms with Crippen LogP contribution in [0.4, 0.5) is 0 Å². The zero-order chi connectivity index (χ0) is 13.8. The lowest BCUT2D eigenvalue weighted by Gasteiger charge is -2.06. The van der Waals surface area contributed by atoms with Crippen LogP contribution in [0.5, 0.6) is 5.75 Å². The van der Waals surface area contributed by atoms with E-state index in [1.165, 1.54) is 0 Å². The topological polar surface area (TPSA) is 59.1 Å². The Bertz CT molecular complexity index is 599. The average molecular weight is 293 g/mol. The maximum Gasteiger partial charge on any atom is 0.124 e. The average Bonchev–Trinajstić information content (AvgIpc) is 2.39. The van der Waals surface area contributed by atoms with Crippen LogP contribution in [0.3, 0.4) is 0 Å². The van der Waals surface area contributed by atoms with Gasteiger partial charge in [-0.05, 0) is 42.5 Å². The van der Waals surface area contributed by atoms with Crippen molar-refractivity contribution in [3.05, 3.63) is 53.1 Å². The second-order valence-electron chi connectivity index (χ2n) is 3.83. The lowest BCUT2D eigenvalue weighted by atomic mass is 10.2. The van der Waals surface area contributed by atoms with Gasteiger partial charge in [0.2, 0.25) is 0 Å². The van der Waals surface area contributed by atoms with Crippen LogP contribution in [0.2, 0.25) is 5.02 Å². The smallest absolute Gasteiger partial charge is 0.124 e. The van der Waals surface area contributed by atoms with Crippen LogP contribution in [0.25, 0.3) is 0 Å². The number of halogens is 1. The summed E-state index contributed by atoms with van der Waals surface area (Å²) in [6.45, 7) is 0. The Hall–Kier alpha value is -1.65. The van der Waals surface area contributed by atoms with Crippen LogP contribution in [-0.2, 0) is 0 Å². The molecule has 0 unspecified atom stereocenters. The zero-order valence-electron chi connectivity index (χ0n) is 10.3. The van der Waals surface area contributed by atoms with Crippen LogP contribution >= 0.6 is 23.4 Å². The van der Waals surface area contributed by atoms with Gasteiger partial charge >= 0.3 is 0 Å². The maximum absolute atomic E-state index is 7.39. The first-order valence-corrected chi connectivity index (χ1v) is 6.75. The van der Waals surface area contributed by atoms with Crippen LogP contribution < -0.4 is 10.5 Å². The Balaban J connectivity index is 2.18. The molecule has 2 aromatic rings. The highest BCUT2D eigenvalue weighted by atomic mass is 35.5. The Morgan fingerprint density at radius 2 is 1.79 bits per heavy atom. The van der Waals surface area contributed by atoms with E-state index in [4.69, 9.17) is 27.5 Å². The van der Waals surface area contributed by atoms with E-state index in [-0.39, 0.29) is 5.84 Å². The van der Waals surface area contributed by atoms with E-state index in [0.717, 1.165) is 15.5 Å². The van der Waals surface area contributed by atoms with Crippen molar-refractivity contribution in [1.82, 2.24) is 0 Å². The Morgan fingerprint density at radius 1 is 1.16 bits per heavy atom. The molecule has 0 bridgehead atoms. The Morgan fingerprint density at radius 3 is 2.32 bits per heavy atom. The maximum atomic E-state index is 7.39. The molecule has 0 atom stereocenters. The molecule has 0 aliphatic carbocycles. The van der Waals surface area contributed by atoms with Crippen molar-refractivity contribution < 1.29 is 4.74 Å². The molecule has 0 aliphatic heterocycles. The zero-order valence-corrected chi connectivity index (χ0v) is 11.9. The number of hydrogen-bond acceptors (Lipinski definition) is 3. The monoisotopic (exact) mass is 292 g/mol. The van der Waals surface area contributed by atoms with E-state index >= 15 is 0 Å². The van der Waals surface area contributed by atoms with E-state index in [9.17, 15) is 0 Å². The lowest BCUT2D eigenvalue weighted by molar-refractivity contribution is 0.414. The molecule has 0 aromatic heterocycles. The summed E-state index contributed by atoms with van der Waals surface area (Å²) in [7, 11) is 1.64. The molecule has 0 radical (unpaired) electrons. The second kappa shape index (κ2) is 5.99. The molecule has 3 nitrogen and oxygen atoms in total. The summed E-state index contributed by atoms with van der Waals surface area (Å²) < 4.78 is 5.11. The van der Waals surface area contributed by atoms with Crippen molar-refractivity contribution in [2.75, 3.05) is 7.11 Å². The van der Waals surface area contributed by atoms with Gasteiger partial charge in [0.05, 0.1) is 12.1 Å². The van der Waals surface area contributed by atoms with Gasteiger partial charge in [-0.15, -0.1) is 0 Å². The van der Waals surface area contributed by atoms with E-state index in [1.54, 1.807) is 24.9 Å². The first-order valence-electron chi connectivity index (χ1n) is 5.56. The molecule has 19 heavy (non-hydrogen) atoms. The van der Waals surface area contributed by atoms with Crippen molar-refractivity contribution in [3.8, 4) is 5.75 Å². The standard InChI is InChI=1S/C14H13ClN2OS/c1-18-9-2-4-10(5-3-9)19-11-6-7-12(14(16)17)13(15)8-11/h2-8H,1H3,(H3,16,17). The fourth-order valence-corrected chi connectivity index (χ4v) is 2.76. The number of ether oxygens (including phenoxy) is 1. The molecule has 0 aliphatic rings. The first kappa shape index (κ1) is 13.8. The SMILES string of the molecule is COc1ccc(Sc2ccc(C(=N)N)c(Cl)c2)cc1. The summed E-state index contributed by atoms with van der Waals surface area (Å²) in [5.74, 6) is 0.806. The number of nitrogen functional groups attached to an aromatic ring is 1. The number of hydrogen-bond donors (Lipinski definition) is 2. The highest BCUT2D eigenvalue weighted by molar-refractivity contribution is 7.99. The Labute approximate surface area is 121 Å². The second-order valence-corrected chi connectivity index (χ2v) is 5.39. The largest absolute Gasteiger partial charge is 0.497 e. The third-order valence-corrected chi connectivity index (χ3v) is 3.84. The first-order chi connectivity index (χ1) is 9.10. The van der Waals surface area contributed by atoms with Crippen LogP contribution in [0.15, 0.2) is 52.3 Å². The van der Waals surface area contributed by atoms with Gasteiger partial charge in [0, 0.05) is 15.4 Å². The molecule has 3 N–H and O–H groups in total. The quantitative estimate of drug-likeness (QED) is 0.666. The van der Waals surface area contributed by atoms with Crippen LogP contribution in [-0.4, -0.2) is 12.9 Å². The third-order valence-electron chi connectivity index (χ3n) is 2.53. The highest BCUT2D eigenvalue weighted by Gasteiger charge is 2.05. The molecular formula is C14H13ClN2OS. The summed E-state index contributed by atoms with van der Waals surface area (Å²) in [5.41, 5.74) is 5.98. The predicted molar refractivity (Wildman–Crippen MR) is 79.6 cm³/mol. The molecule has 0 saturated carbocycles. The van der Waals surface area contributed by atoms with Crippen molar-refractivity contribution in [1.29, 1.82) is 5.41 Å². The fourth-order valence-electron chi connectivity index (χ4n) is 1.56. The molecule has 2 rings (SSSR count). The highest BCUT2D eigenvalue weighted by Crippen LogP contribution is 2.31. The van der Waals surface area contributed by atoms with Gasteiger partial charge < -0.3 is 10.5 Å². The minimum atomic E-state index is -0.0222. The molecule has 0 heterocycles. The minimum Gasteiger partial charge on any atom is -0.497 e. The molecule has 5 heteroatoms. The predicted octanol–water partition coefficient (Wildman–Crippen LogP) is 3.78. The fraction of sp³-hybridized carbons (Fsp3) is 0.0714. The molecule has 98 valence electrons.